The van der Waals surface area contributed by atoms with E-state index >= 15 is 0 Å². The first-order valence-corrected chi connectivity index (χ1v) is 10.7. The number of hydrogen-bond donors (Lipinski definition) is 2. The normalized spacial score (nSPS) is 10.7. The Hall–Kier alpha value is -3.78. The van der Waals surface area contributed by atoms with Gasteiger partial charge in [-0.1, -0.05) is 42.5 Å². The third-order valence-corrected chi connectivity index (χ3v) is 5.62. The van der Waals surface area contributed by atoms with E-state index in [0.717, 1.165) is 16.3 Å². The van der Waals surface area contributed by atoms with Gasteiger partial charge in [-0.15, -0.1) is 11.3 Å². The number of nitrogens with zero attached hydrogens (tertiary/aromatic N) is 1. The van der Waals surface area contributed by atoms with Crippen LogP contribution in [0.4, 0.5) is 9.52 Å². The summed E-state index contributed by atoms with van der Waals surface area (Å²) in [5.74, 6) is -0.576. The fourth-order valence-corrected chi connectivity index (χ4v) is 4.09. The predicted molar refractivity (Wildman–Crippen MR) is 123 cm³/mol. The molecule has 0 bridgehead atoms. The number of methoxy groups -OCH3 is 1. The van der Waals surface area contributed by atoms with Gasteiger partial charge >= 0.3 is 0 Å². The van der Waals surface area contributed by atoms with E-state index < -0.39 is 11.7 Å². The monoisotopic (exact) mass is 449 g/mol. The summed E-state index contributed by atoms with van der Waals surface area (Å²) >= 11 is 1.20. The van der Waals surface area contributed by atoms with Crippen LogP contribution in [0.25, 0.3) is 22.0 Å². The number of hydrogen-bond acceptors (Lipinski definition) is 5. The van der Waals surface area contributed by atoms with Crippen molar-refractivity contribution in [3.05, 3.63) is 77.4 Å². The highest BCUT2D eigenvalue weighted by Gasteiger charge is 2.14. The highest BCUT2D eigenvalue weighted by molar-refractivity contribution is 7.14. The lowest BCUT2D eigenvalue weighted by Gasteiger charge is -2.08. The maximum Gasteiger partial charge on any atom is 0.245 e. The van der Waals surface area contributed by atoms with E-state index in [1.807, 2.05) is 42.5 Å². The molecule has 0 saturated heterocycles. The summed E-state index contributed by atoms with van der Waals surface area (Å²) in [6.45, 7) is -0.179. The molecule has 1 aromatic heterocycles. The lowest BCUT2D eigenvalue weighted by molar-refractivity contribution is -0.123. The number of halogens is 1. The van der Waals surface area contributed by atoms with Gasteiger partial charge in [-0.05, 0) is 34.5 Å². The molecule has 2 amide bonds. The molecule has 4 aromatic rings. The van der Waals surface area contributed by atoms with Crippen molar-refractivity contribution in [2.45, 2.75) is 6.42 Å². The summed E-state index contributed by atoms with van der Waals surface area (Å²) in [6.07, 6.45) is 0.176. The maximum atomic E-state index is 13.6. The molecule has 0 saturated carbocycles. The fraction of sp³-hybridized carbons (Fsp3) is 0.125. The molecule has 8 heteroatoms. The van der Waals surface area contributed by atoms with E-state index in [2.05, 4.69) is 15.6 Å². The molecule has 6 nitrogen and oxygen atoms in total. The molecule has 0 aliphatic carbocycles. The number of rotatable bonds is 7. The number of anilines is 1. The summed E-state index contributed by atoms with van der Waals surface area (Å²) < 4.78 is 18.9. The van der Waals surface area contributed by atoms with Crippen molar-refractivity contribution in [3.63, 3.8) is 0 Å². The highest BCUT2D eigenvalue weighted by Crippen LogP contribution is 2.32. The average molecular weight is 450 g/mol. The summed E-state index contributed by atoms with van der Waals surface area (Å²) in [4.78, 5) is 28.9. The second-order valence-corrected chi connectivity index (χ2v) is 7.88. The van der Waals surface area contributed by atoms with E-state index in [1.165, 1.54) is 36.6 Å². The molecule has 0 unspecified atom stereocenters. The van der Waals surface area contributed by atoms with Crippen LogP contribution in [0.2, 0.25) is 0 Å². The molecule has 1 heterocycles. The molecular weight excluding hydrogens is 429 g/mol. The largest absolute Gasteiger partial charge is 0.496 e. The van der Waals surface area contributed by atoms with Crippen molar-refractivity contribution >= 4 is 39.1 Å². The Balaban J connectivity index is 1.35. The molecule has 0 aliphatic heterocycles. The van der Waals surface area contributed by atoms with Crippen LogP contribution in [0.15, 0.2) is 66.0 Å². The summed E-state index contributed by atoms with van der Waals surface area (Å²) in [6, 6.07) is 17.8. The number of thiazole rings is 1. The number of carbonyl (C=O) groups is 2. The number of aromatic nitrogens is 1. The van der Waals surface area contributed by atoms with E-state index in [0.29, 0.717) is 22.1 Å². The number of amides is 2. The van der Waals surface area contributed by atoms with Gasteiger partial charge in [0.1, 0.15) is 11.6 Å². The SMILES string of the molecule is COc1ccc(F)cc1-c1csc(NC(=O)CNC(=O)Cc2cccc3ccccc23)n1. The first kappa shape index (κ1) is 21.5. The van der Waals surface area contributed by atoms with Crippen molar-refractivity contribution < 1.29 is 18.7 Å². The quantitative estimate of drug-likeness (QED) is 0.438. The zero-order chi connectivity index (χ0) is 22.5. The number of ether oxygens (including phenoxy) is 1. The Morgan fingerprint density at radius 1 is 1.06 bits per heavy atom. The minimum atomic E-state index is -0.409. The number of carbonyl (C=O) groups excluding carboxylic acids is 2. The standard InChI is InChI=1S/C24H20FN3O3S/c1-31-21-10-9-17(25)12-19(21)20-14-32-24(27-20)28-23(30)13-26-22(29)11-16-7-4-6-15-5-2-3-8-18(15)16/h2-10,12,14H,11,13H2,1H3,(H,26,29)(H,27,28,30). The van der Waals surface area contributed by atoms with Crippen molar-refractivity contribution in [3.8, 4) is 17.0 Å². The minimum Gasteiger partial charge on any atom is -0.496 e. The summed E-state index contributed by atoms with van der Waals surface area (Å²) in [5.41, 5.74) is 1.88. The van der Waals surface area contributed by atoms with E-state index in [-0.39, 0.29) is 18.9 Å². The molecule has 0 spiro atoms. The zero-order valence-electron chi connectivity index (χ0n) is 17.2. The van der Waals surface area contributed by atoms with Gasteiger partial charge in [0, 0.05) is 10.9 Å². The van der Waals surface area contributed by atoms with Crippen LogP contribution in [0.5, 0.6) is 5.75 Å². The Morgan fingerprint density at radius 2 is 1.88 bits per heavy atom. The number of nitrogens with one attached hydrogen (secondary N) is 2. The van der Waals surface area contributed by atoms with Gasteiger partial charge in [-0.2, -0.15) is 0 Å². The third kappa shape index (κ3) is 4.92. The molecule has 0 aliphatic rings. The van der Waals surface area contributed by atoms with Crippen LogP contribution in [0, 0.1) is 5.82 Å². The van der Waals surface area contributed by atoms with Gasteiger partial charge in [-0.25, -0.2) is 9.37 Å². The fourth-order valence-electron chi connectivity index (χ4n) is 3.36. The molecule has 2 N–H and O–H groups in total. The summed E-state index contributed by atoms with van der Waals surface area (Å²) in [5, 5.41) is 9.41. The van der Waals surface area contributed by atoms with Crippen LogP contribution in [-0.4, -0.2) is 30.5 Å². The molecule has 0 radical (unpaired) electrons. The van der Waals surface area contributed by atoms with Crippen molar-refractivity contribution in [2.24, 2.45) is 0 Å². The molecule has 0 fully saturated rings. The molecule has 4 rings (SSSR count). The minimum absolute atomic E-state index is 0.176. The van der Waals surface area contributed by atoms with Crippen LogP contribution in [0.1, 0.15) is 5.56 Å². The van der Waals surface area contributed by atoms with Crippen molar-refractivity contribution in [2.75, 3.05) is 19.0 Å². The second kappa shape index (κ2) is 9.57. The Bertz CT molecular complexity index is 1280. The predicted octanol–water partition coefficient (Wildman–Crippen LogP) is 4.41. The van der Waals surface area contributed by atoms with Gasteiger partial charge in [0.2, 0.25) is 11.8 Å². The van der Waals surface area contributed by atoms with E-state index in [9.17, 15) is 14.0 Å². The Morgan fingerprint density at radius 3 is 2.72 bits per heavy atom. The smallest absolute Gasteiger partial charge is 0.245 e. The van der Waals surface area contributed by atoms with Gasteiger partial charge in [0.25, 0.3) is 0 Å². The third-order valence-electron chi connectivity index (χ3n) is 4.87. The van der Waals surface area contributed by atoms with Crippen molar-refractivity contribution in [1.82, 2.24) is 10.3 Å². The second-order valence-electron chi connectivity index (χ2n) is 7.02. The van der Waals surface area contributed by atoms with Gasteiger partial charge in [-0.3, -0.25) is 9.59 Å². The van der Waals surface area contributed by atoms with Crippen molar-refractivity contribution in [1.29, 1.82) is 0 Å². The van der Waals surface area contributed by atoms with Gasteiger partial charge in [0.15, 0.2) is 5.13 Å². The zero-order valence-corrected chi connectivity index (χ0v) is 18.0. The van der Waals surface area contributed by atoms with Gasteiger partial charge < -0.3 is 15.4 Å². The number of benzene rings is 3. The maximum absolute atomic E-state index is 13.6. The molecular formula is C24H20FN3O3S. The van der Waals surface area contributed by atoms with E-state index in [1.54, 1.807) is 5.38 Å². The lowest BCUT2D eigenvalue weighted by Crippen LogP contribution is -2.33. The summed E-state index contributed by atoms with van der Waals surface area (Å²) in [7, 11) is 1.49. The average Bonchev–Trinajstić information content (AvgIpc) is 3.26. The molecule has 3 aromatic carbocycles. The molecule has 162 valence electrons. The van der Waals surface area contributed by atoms with Crippen LogP contribution < -0.4 is 15.4 Å². The molecule has 32 heavy (non-hydrogen) atoms. The van der Waals surface area contributed by atoms with E-state index in [4.69, 9.17) is 4.74 Å². The number of fused-ring (bicyclic) bond motifs is 1. The first-order chi connectivity index (χ1) is 15.5. The lowest BCUT2D eigenvalue weighted by atomic mass is 10.0. The Kier molecular flexibility index (Phi) is 6.42. The first-order valence-electron chi connectivity index (χ1n) is 9.86. The topological polar surface area (TPSA) is 80.3 Å². The van der Waals surface area contributed by atoms with Crippen LogP contribution >= 0.6 is 11.3 Å². The van der Waals surface area contributed by atoms with Gasteiger partial charge in [0.05, 0.1) is 25.8 Å². The van der Waals surface area contributed by atoms with Crippen LogP contribution in [-0.2, 0) is 16.0 Å². The van der Waals surface area contributed by atoms with Crippen LogP contribution in [0.3, 0.4) is 0 Å². The molecule has 0 atom stereocenters. The Labute approximate surface area is 188 Å². The highest BCUT2D eigenvalue weighted by atomic mass is 32.1.